The minimum Gasteiger partial charge on any atom is -0.425 e. The molecule has 3 heterocycles. The van der Waals surface area contributed by atoms with Crippen molar-refractivity contribution in [3.63, 3.8) is 0 Å². The molecule has 2 aliphatic heterocycles. The van der Waals surface area contributed by atoms with E-state index >= 15 is 0 Å². The van der Waals surface area contributed by atoms with Gasteiger partial charge in [0, 0.05) is 12.0 Å². The van der Waals surface area contributed by atoms with Crippen LogP contribution >= 0.6 is 0 Å². The quantitative estimate of drug-likeness (QED) is 0.915. The van der Waals surface area contributed by atoms with Crippen LogP contribution in [0.1, 0.15) is 49.3 Å². The van der Waals surface area contributed by atoms with Gasteiger partial charge in [0.05, 0.1) is 24.2 Å². The van der Waals surface area contributed by atoms with Crippen LogP contribution in [0.25, 0.3) is 0 Å². The van der Waals surface area contributed by atoms with Crippen LogP contribution in [-0.4, -0.2) is 40.9 Å². The second-order valence-electron chi connectivity index (χ2n) is 6.29. The molecule has 4 atom stereocenters. The maximum absolute atomic E-state index is 12.1. The first kappa shape index (κ1) is 14.4. The van der Waals surface area contributed by atoms with E-state index < -0.39 is 12.5 Å². The Hall–Kier alpha value is -1.19. The molecule has 9 heteroatoms. The van der Waals surface area contributed by atoms with Crippen LogP contribution in [0.2, 0.25) is 0 Å². The summed E-state index contributed by atoms with van der Waals surface area (Å²) in [5, 5.41) is 8.02. The smallest absolute Gasteiger partial charge is 0.425 e. The number of halogens is 3. The van der Waals surface area contributed by atoms with Crippen LogP contribution in [-0.2, 0) is 9.47 Å². The molecule has 2 bridgehead atoms. The first-order valence-corrected chi connectivity index (χ1v) is 7.38. The zero-order valence-electron chi connectivity index (χ0n) is 11.6. The van der Waals surface area contributed by atoms with Gasteiger partial charge in [0.1, 0.15) is 0 Å². The Morgan fingerprint density at radius 3 is 2.36 bits per heavy atom. The molecule has 1 aromatic rings. The van der Waals surface area contributed by atoms with Gasteiger partial charge in [-0.15, -0.1) is 23.4 Å². The highest BCUT2D eigenvalue weighted by Crippen LogP contribution is 2.45. The summed E-state index contributed by atoms with van der Waals surface area (Å²) in [4.78, 5) is 0. The molecular formula is C13H16F3N3O3. The molecule has 3 fully saturated rings. The SMILES string of the molecule is N[C@H]1C[C@H]2O[C@@H]1C[C@@H]2c1nnc(C2CC(OC(F)(F)F)C2)o1. The Kier molecular flexibility index (Phi) is 3.21. The maximum Gasteiger partial charge on any atom is 0.522 e. The van der Waals surface area contributed by atoms with E-state index in [1.807, 2.05) is 0 Å². The Balaban J connectivity index is 1.36. The van der Waals surface area contributed by atoms with E-state index in [2.05, 4.69) is 14.9 Å². The molecule has 2 saturated heterocycles. The third-order valence-electron chi connectivity index (χ3n) is 4.78. The lowest BCUT2D eigenvalue weighted by Crippen LogP contribution is -2.34. The monoisotopic (exact) mass is 319 g/mol. The third kappa shape index (κ3) is 2.50. The maximum atomic E-state index is 12.1. The molecular weight excluding hydrogens is 303 g/mol. The minimum absolute atomic E-state index is 0.0102. The minimum atomic E-state index is -4.59. The van der Waals surface area contributed by atoms with Gasteiger partial charge in [-0.3, -0.25) is 4.74 Å². The number of alkyl halides is 3. The normalized spacial score (nSPS) is 40.9. The zero-order valence-corrected chi connectivity index (χ0v) is 11.6. The summed E-state index contributed by atoms with van der Waals surface area (Å²) >= 11 is 0. The van der Waals surface area contributed by atoms with Crippen molar-refractivity contribution < 1.29 is 27.1 Å². The van der Waals surface area contributed by atoms with Crippen LogP contribution in [0.3, 0.4) is 0 Å². The molecule has 1 aliphatic carbocycles. The van der Waals surface area contributed by atoms with E-state index in [1.165, 1.54) is 0 Å². The lowest BCUT2D eigenvalue weighted by Gasteiger charge is -2.32. The first-order valence-electron chi connectivity index (χ1n) is 7.38. The van der Waals surface area contributed by atoms with E-state index in [-0.39, 0.29) is 42.9 Å². The average molecular weight is 319 g/mol. The highest BCUT2D eigenvalue weighted by Gasteiger charge is 2.49. The van der Waals surface area contributed by atoms with Gasteiger partial charge < -0.3 is 14.9 Å². The number of nitrogens with zero attached hydrogens (tertiary/aromatic N) is 2. The molecule has 6 nitrogen and oxygen atoms in total. The summed E-state index contributed by atoms with van der Waals surface area (Å²) in [6.45, 7) is 0. The largest absolute Gasteiger partial charge is 0.522 e. The Bertz CT molecular complexity index is 556. The number of ether oxygens (including phenoxy) is 2. The van der Waals surface area contributed by atoms with E-state index in [4.69, 9.17) is 14.9 Å². The van der Waals surface area contributed by atoms with Crippen molar-refractivity contribution >= 4 is 0 Å². The summed E-state index contributed by atoms with van der Waals surface area (Å²) < 4.78 is 51.6. The van der Waals surface area contributed by atoms with Crippen molar-refractivity contribution in [3.8, 4) is 0 Å². The predicted octanol–water partition coefficient (Wildman–Crippen LogP) is 1.82. The number of aromatic nitrogens is 2. The molecule has 0 spiro atoms. The van der Waals surface area contributed by atoms with Gasteiger partial charge in [-0.2, -0.15) is 0 Å². The number of hydrogen-bond acceptors (Lipinski definition) is 6. The van der Waals surface area contributed by atoms with E-state index in [1.54, 1.807) is 0 Å². The van der Waals surface area contributed by atoms with Crippen molar-refractivity contribution in [1.82, 2.24) is 10.2 Å². The van der Waals surface area contributed by atoms with Gasteiger partial charge in [0.2, 0.25) is 11.8 Å². The molecule has 0 radical (unpaired) electrons. The van der Waals surface area contributed by atoms with Crippen LogP contribution < -0.4 is 5.73 Å². The lowest BCUT2D eigenvalue weighted by atomic mass is 9.82. The fourth-order valence-corrected chi connectivity index (χ4v) is 3.57. The zero-order chi connectivity index (χ0) is 15.5. The van der Waals surface area contributed by atoms with Crippen molar-refractivity contribution in [1.29, 1.82) is 0 Å². The van der Waals surface area contributed by atoms with Crippen molar-refractivity contribution in [3.05, 3.63) is 11.8 Å². The molecule has 0 unspecified atom stereocenters. The average Bonchev–Trinajstić information content (AvgIpc) is 3.05. The topological polar surface area (TPSA) is 83.4 Å². The van der Waals surface area contributed by atoms with Gasteiger partial charge in [0.15, 0.2) is 0 Å². The number of nitrogens with two attached hydrogens (primary N) is 1. The Labute approximate surface area is 124 Å². The van der Waals surface area contributed by atoms with E-state index in [9.17, 15) is 13.2 Å². The van der Waals surface area contributed by atoms with Crippen LogP contribution in [0, 0.1) is 0 Å². The summed E-state index contributed by atoms with van der Waals surface area (Å²) in [5.74, 6) is 0.794. The van der Waals surface area contributed by atoms with Gasteiger partial charge in [-0.25, -0.2) is 0 Å². The highest BCUT2D eigenvalue weighted by molar-refractivity contribution is 5.10. The fourth-order valence-electron chi connectivity index (χ4n) is 3.57. The summed E-state index contributed by atoms with van der Waals surface area (Å²) in [7, 11) is 0. The van der Waals surface area contributed by atoms with Gasteiger partial charge in [-0.1, -0.05) is 0 Å². The summed E-state index contributed by atoms with van der Waals surface area (Å²) in [5.41, 5.74) is 5.91. The van der Waals surface area contributed by atoms with Crippen molar-refractivity contribution in [2.45, 2.75) is 68.2 Å². The van der Waals surface area contributed by atoms with Gasteiger partial charge >= 0.3 is 6.36 Å². The Morgan fingerprint density at radius 2 is 1.77 bits per heavy atom. The number of rotatable bonds is 3. The van der Waals surface area contributed by atoms with Crippen molar-refractivity contribution in [2.24, 2.45) is 5.73 Å². The molecule has 1 aromatic heterocycles. The van der Waals surface area contributed by atoms with E-state index in [0.717, 1.165) is 12.8 Å². The Morgan fingerprint density at radius 1 is 1.05 bits per heavy atom. The van der Waals surface area contributed by atoms with Crippen molar-refractivity contribution in [2.75, 3.05) is 0 Å². The molecule has 4 rings (SSSR count). The van der Waals surface area contributed by atoms with Gasteiger partial charge in [0.25, 0.3) is 0 Å². The highest BCUT2D eigenvalue weighted by atomic mass is 19.4. The predicted molar refractivity (Wildman–Crippen MR) is 65.8 cm³/mol. The van der Waals surface area contributed by atoms with Gasteiger partial charge in [-0.05, 0) is 25.7 Å². The van der Waals surface area contributed by atoms with Crippen LogP contribution in [0.15, 0.2) is 4.42 Å². The first-order chi connectivity index (χ1) is 10.4. The molecule has 0 amide bonds. The standard InChI is InChI=1S/C13H16F3N3O3/c14-13(15,16)22-6-1-5(2-6)11-18-19-12(21-11)7-3-10-8(17)4-9(7)20-10/h5-10H,1-4,17H2/t5?,6?,7-,8-,9+,10+/m0/s1. The molecule has 122 valence electrons. The molecule has 3 aliphatic rings. The van der Waals surface area contributed by atoms with Crippen LogP contribution in [0.4, 0.5) is 13.2 Å². The summed E-state index contributed by atoms with van der Waals surface area (Å²) in [6.07, 6.45) is -3.32. The fraction of sp³-hybridized carbons (Fsp3) is 0.846. The molecule has 22 heavy (non-hydrogen) atoms. The van der Waals surface area contributed by atoms with Crippen LogP contribution in [0.5, 0.6) is 0 Å². The van der Waals surface area contributed by atoms with E-state index in [0.29, 0.717) is 11.8 Å². The summed E-state index contributed by atoms with van der Waals surface area (Å²) in [6, 6.07) is 0.0653. The lowest BCUT2D eigenvalue weighted by molar-refractivity contribution is -0.352. The molecule has 2 N–H and O–H groups in total. The molecule has 0 aromatic carbocycles. The second-order valence-corrected chi connectivity index (χ2v) is 6.29. The second kappa shape index (κ2) is 4.90. The molecule has 1 saturated carbocycles. The number of hydrogen-bond donors (Lipinski definition) is 1. The number of fused-ring (bicyclic) bond motifs is 2. The third-order valence-corrected chi connectivity index (χ3v) is 4.78.